The zero-order valence-corrected chi connectivity index (χ0v) is 17.7. The average Bonchev–Trinajstić information content (AvgIpc) is 3.30. The topological polar surface area (TPSA) is 45.3 Å². The van der Waals surface area contributed by atoms with E-state index < -0.39 is 0 Å². The van der Waals surface area contributed by atoms with Crippen LogP contribution in [0, 0.1) is 0 Å². The van der Waals surface area contributed by atoms with E-state index in [-0.39, 0.29) is 12.0 Å². The Kier molecular flexibility index (Phi) is 7.06. The van der Waals surface area contributed by atoms with Crippen LogP contribution in [-0.2, 0) is 20.7 Å². The van der Waals surface area contributed by atoms with Gasteiger partial charge in [-0.15, -0.1) is 0 Å². The molecule has 0 bridgehead atoms. The van der Waals surface area contributed by atoms with Gasteiger partial charge in [0.05, 0.1) is 32.3 Å². The molecule has 3 aliphatic rings. The van der Waals surface area contributed by atoms with Crippen LogP contribution in [0.2, 0.25) is 0 Å². The van der Waals surface area contributed by atoms with Gasteiger partial charge in [0.1, 0.15) is 0 Å². The predicted molar refractivity (Wildman–Crippen MR) is 114 cm³/mol. The van der Waals surface area contributed by atoms with E-state index in [0.717, 1.165) is 70.9 Å². The number of rotatable bonds is 6. The standard InChI is InChI=1S/C23H35N3O3/c1-24(17-22-18-28-14-15-29-22)20-8-12-25(13-9-20)21-6-4-19(5-7-21)16-23(27)26-10-2-3-11-26/h4-7,20,22H,2-3,8-18H2,1H3. The number of carbonyl (C=O) groups excluding carboxylic acids is 1. The zero-order chi connectivity index (χ0) is 20.1. The SMILES string of the molecule is CN(CC1COCCO1)C1CCN(c2ccc(CC(=O)N3CCCC3)cc2)CC1. The second-order valence-electron chi connectivity index (χ2n) is 8.66. The minimum atomic E-state index is 0.211. The fourth-order valence-electron chi connectivity index (χ4n) is 4.75. The normalized spacial score (nSPS) is 23.7. The van der Waals surface area contributed by atoms with Crippen molar-refractivity contribution in [3.05, 3.63) is 29.8 Å². The van der Waals surface area contributed by atoms with Crippen molar-refractivity contribution in [2.75, 3.05) is 64.5 Å². The molecule has 160 valence electrons. The molecule has 6 nitrogen and oxygen atoms in total. The first-order chi connectivity index (χ1) is 14.2. The molecule has 0 spiro atoms. The van der Waals surface area contributed by atoms with E-state index in [0.29, 0.717) is 12.5 Å². The van der Waals surface area contributed by atoms with E-state index in [1.54, 1.807) is 0 Å². The van der Waals surface area contributed by atoms with Crippen LogP contribution in [0.5, 0.6) is 0 Å². The Balaban J connectivity index is 1.23. The Morgan fingerprint density at radius 3 is 2.45 bits per heavy atom. The summed E-state index contributed by atoms with van der Waals surface area (Å²) in [6, 6.07) is 9.23. The summed E-state index contributed by atoms with van der Waals surface area (Å²) in [5, 5.41) is 0. The minimum Gasteiger partial charge on any atom is -0.376 e. The largest absolute Gasteiger partial charge is 0.376 e. The molecule has 3 saturated heterocycles. The van der Waals surface area contributed by atoms with Gasteiger partial charge in [-0.05, 0) is 50.4 Å². The van der Waals surface area contributed by atoms with Crippen molar-refractivity contribution in [3.63, 3.8) is 0 Å². The van der Waals surface area contributed by atoms with Crippen LogP contribution in [0.3, 0.4) is 0 Å². The van der Waals surface area contributed by atoms with Crippen molar-refractivity contribution < 1.29 is 14.3 Å². The van der Waals surface area contributed by atoms with Crippen molar-refractivity contribution in [1.82, 2.24) is 9.80 Å². The molecule has 29 heavy (non-hydrogen) atoms. The molecule has 1 atom stereocenters. The number of hydrogen-bond donors (Lipinski definition) is 0. The Morgan fingerprint density at radius 2 is 1.79 bits per heavy atom. The quantitative estimate of drug-likeness (QED) is 0.731. The van der Waals surface area contributed by atoms with Gasteiger partial charge in [0.25, 0.3) is 0 Å². The predicted octanol–water partition coefficient (Wildman–Crippen LogP) is 2.17. The Bertz CT molecular complexity index is 646. The summed E-state index contributed by atoms with van der Waals surface area (Å²) in [5.41, 5.74) is 2.39. The first kappa shape index (κ1) is 20.6. The maximum Gasteiger partial charge on any atom is 0.226 e. The summed E-state index contributed by atoms with van der Waals surface area (Å²) in [5.74, 6) is 0.270. The van der Waals surface area contributed by atoms with E-state index >= 15 is 0 Å². The molecule has 0 saturated carbocycles. The summed E-state index contributed by atoms with van der Waals surface area (Å²) in [7, 11) is 2.21. The van der Waals surface area contributed by atoms with E-state index in [2.05, 4.69) is 41.1 Å². The number of likely N-dealkylation sites (tertiary alicyclic amines) is 1. The number of likely N-dealkylation sites (N-methyl/N-ethyl adjacent to an activating group) is 1. The molecular weight excluding hydrogens is 366 g/mol. The van der Waals surface area contributed by atoms with E-state index in [1.165, 1.54) is 18.5 Å². The van der Waals surface area contributed by atoms with Gasteiger partial charge < -0.3 is 24.2 Å². The van der Waals surface area contributed by atoms with Gasteiger partial charge in [0.15, 0.2) is 0 Å². The molecule has 1 aromatic rings. The van der Waals surface area contributed by atoms with Gasteiger partial charge in [-0.25, -0.2) is 0 Å². The summed E-state index contributed by atoms with van der Waals surface area (Å²) in [4.78, 5) is 19.3. The van der Waals surface area contributed by atoms with Crippen molar-refractivity contribution >= 4 is 11.6 Å². The van der Waals surface area contributed by atoms with Gasteiger partial charge in [-0.3, -0.25) is 4.79 Å². The maximum atomic E-state index is 12.3. The third kappa shape index (κ3) is 5.50. The lowest BCUT2D eigenvalue weighted by Crippen LogP contribution is -2.47. The fraction of sp³-hybridized carbons (Fsp3) is 0.696. The molecule has 1 amide bonds. The molecule has 3 aliphatic heterocycles. The van der Waals surface area contributed by atoms with E-state index in [9.17, 15) is 4.79 Å². The summed E-state index contributed by atoms with van der Waals surface area (Å²) >= 11 is 0. The summed E-state index contributed by atoms with van der Waals surface area (Å²) in [6.07, 6.45) is 5.37. The molecule has 0 N–H and O–H groups in total. The van der Waals surface area contributed by atoms with E-state index in [4.69, 9.17) is 9.47 Å². The van der Waals surface area contributed by atoms with Gasteiger partial charge in [0.2, 0.25) is 5.91 Å². The zero-order valence-electron chi connectivity index (χ0n) is 17.7. The van der Waals surface area contributed by atoms with Crippen LogP contribution in [0.1, 0.15) is 31.2 Å². The van der Waals surface area contributed by atoms with Crippen molar-refractivity contribution in [1.29, 1.82) is 0 Å². The molecular formula is C23H35N3O3. The number of anilines is 1. The first-order valence-corrected chi connectivity index (χ1v) is 11.2. The molecule has 0 aliphatic carbocycles. The molecule has 0 radical (unpaired) electrons. The van der Waals surface area contributed by atoms with Crippen LogP contribution in [-0.4, -0.2) is 87.4 Å². The molecule has 1 unspecified atom stereocenters. The van der Waals surface area contributed by atoms with Crippen molar-refractivity contribution in [2.24, 2.45) is 0 Å². The van der Waals surface area contributed by atoms with E-state index in [1.807, 2.05) is 4.90 Å². The number of amides is 1. The second kappa shape index (κ2) is 9.92. The maximum absolute atomic E-state index is 12.3. The van der Waals surface area contributed by atoms with Gasteiger partial charge in [0, 0.05) is 44.5 Å². The Hall–Kier alpha value is -1.63. The molecule has 1 aromatic carbocycles. The number of piperidine rings is 1. The third-order valence-corrected chi connectivity index (χ3v) is 6.58. The monoisotopic (exact) mass is 401 g/mol. The van der Waals surface area contributed by atoms with Crippen LogP contribution in [0.4, 0.5) is 5.69 Å². The van der Waals surface area contributed by atoms with Gasteiger partial charge in [-0.2, -0.15) is 0 Å². The third-order valence-electron chi connectivity index (χ3n) is 6.58. The lowest BCUT2D eigenvalue weighted by Gasteiger charge is -2.39. The summed E-state index contributed by atoms with van der Waals surface area (Å²) in [6.45, 7) is 7.12. The van der Waals surface area contributed by atoms with Gasteiger partial charge in [-0.1, -0.05) is 12.1 Å². The Labute approximate surface area is 174 Å². The summed E-state index contributed by atoms with van der Waals surface area (Å²) < 4.78 is 11.3. The lowest BCUT2D eigenvalue weighted by atomic mass is 10.0. The Morgan fingerprint density at radius 1 is 1.07 bits per heavy atom. The molecule has 4 rings (SSSR count). The molecule has 0 aromatic heterocycles. The average molecular weight is 402 g/mol. The molecule has 6 heteroatoms. The fourth-order valence-corrected chi connectivity index (χ4v) is 4.75. The highest BCUT2D eigenvalue weighted by Crippen LogP contribution is 2.23. The second-order valence-corrected chi connectivity index (χ2v) is 8.66. The lowest BCUT2D eigenvalue weighted by molar-refractivity contribution is -0.129. The molecule has 3 fully saturated rings. The molecule has 3 heterocycles. The van der Waals surface area contributed by atoms with Crippen molar-refractivity contribution in [2.45, 2.75) is 44.2 Å². The first-order valence-electron chi connectivity index (χ1n) is 11.2. The van der Waals surface area contributed by atoms with Crippen LogP contribution in [0.25, 0.3) is 0 Å². The number of carbonyl (C=O) groups is 1. The smallest absolute Gasteiger partial charge is 0.226 e. The number of nitrogens with zero attached hydrogens (tertiary/aromatic N) is 3. The van der Waals surface area contributed by atoms with Crippen LogP contribution >= 0.6 is 0 Å². The minimum absolute atomic E-state index is 0.211. The van der Waals surface area contributed by atoms with Crippen LogP contribution in [0.15, 0.2) is 24.3 Å². The van der Waals surface area contributed by atoms with Gasteiger partial charge >= 0.3 is 0 Å². The van der Waals surface area contributed by atoms with Crippen LogP contribution < -0.4 is 4.90 Å². The number of benzene rings is 1. The van der Waals surface area contributed by atoms with Crippen molar-refractivity contribution in [3.8, 4) is 0 Å². The highest BCUT2D eigenvalue weighted by molar-refractivity contribution is 5.79. The highest BCUT2D eigenvalue weighted by atomic mass is 16.6. The number of ether oxygens (including phenoxy) is 2. The highest BCUT2D eigenvalue weighted by Gasteiger charge is 2.26. The number of hydrogen-bond acceptors (Lipinski definition) is 5.